The topological polar surface area (TPSA) is 199 Å². The number of β-lactam (4-membered cyclic amide) rings is 1. The molecule has 3 atom stereocenters. The SMILES string of the molecule is Cl.Cl.NCc1ccc(CON=C(C(=O)NC2C(=O)N3CC(CSc4nncs4)(C(=O)O)CS[C@H]23)c2csc(N)n2)cc1. The number of oxime groups is 1. The van der Waals surface area contributed by atoms with Gasteiger partial charge in [-0.3, -0.25) is 14.4 Å². The van der Waals surface area contributed by atoms with Crippen LogP contribution >= 0.6 is 71.0 Å². The van der Waals surface area contributed by atoms with Crippen LogP contribution in [0.2, 0.25) is 0 Å². The zero-order valence-corrected chi connectivity index (χ0v) is 26.5. The number of thioether (sulfide) groups is 2. The molecule has 42 heavy (non-hydrogen) atoms. The molecule has 2 aliphatic rings. The van der Waals surface area contributed by atoms with E-state index in [2.05, 4.69) is 25.7 Å². The largest absolute Gasteiger partial charge is 0.481 e. The highest BCUT2D eigenvalue weighted by Gasteiger charge is 2.57. The number of fused-ring (bicyclic) bond motifs is 1. The highest BCUT2D eigenvalue weighted by Crippen LogP contribution is 2.44. The minimum absolute atomic E-state index is 0. The van der Waals surface area contributed by atoms with Gasteiger partial charge in [-0.05, 0) is 11.1 Å². The minimum atomic E-state index is -1.15. The number of nitrogens with zero attached hydrogens (tertiary/aromatic N) is 5. The second-order valence-electron chi connectivity index (χ2n) is 9.00. The summed E-state index contributed by atoms with van der Waals surface area (Å²) < 4.78 is 0.664. The van der Waals surface area contributed by atoms with Gasteiger partial charge in [0.2, 0.25) is 5.91 Å². The number of aromatic nitrogens is 3. The Morgan fingerprint density at radius 3 is 2.60 bits per heavy atom. The van der Waals surface area contributed by atoms with Crippen LogP contribution in [0.5, 0.6) is 0 Å². The Hall–Kier alpha value is -2.67. The van der Waals surface area contributed by atoms with E-state index in [-0.39, 0.29) is 71.9 Å². The van der Waals surface area contributed by atoms with Gasteiger partial charge >= 0.3 is 5.97 Å². The van der Waals surface area contributed by atoms with Gasteiger partial charge in [-0.15, -0.1) is 58.1 Å². The van der Waals surface area contributed by atoms with Gasteiger partial charge in [-0.25, -0.2) is 4.98 Å². The molecular formula is C23H26Cl2N8O5S4. The van der Waals surface area contributed by atoms with E-state index < -0.39 is 28.7 Å². The van der Waals surface area contributed by atoms with Crippen molar-refractivity contribution < 1.29 is 24.3 Å². The molecule has 3 aromatic rings. The Morgan fingerprint density at radius 2 is 1.98 bits per heavy atom. The lowest BCUT2D eigenvalue weighted by molar-refractivity contribution is -0.157. The van der Waals surface area contributed by atoms with Gasteiger partial charge < -0.3 is 31.6 Å². The van der Waals surface area contributed by atoms with Gasteiger partial charge in [0.05, 0.1) is 0 Å². The van der Waals surface area contributed by atoms with Gasteiger partial charge in [-0.1, -0.05) is 52.5 Å². The number of carboxylic acid groups (broad SMARTS) is 1. The maximum absolute atomic E-state index is 13.3. The number of rotatable bonds is 11. The van der Waals surface area contributed by atoms with Gasteiger partial charge in [-0.2, -0.15) is 0 Å². The highest BCUT2D eigenvalue weighted by atomic mass is 35.5. The molecule has 5 rings (SSSR count). The summed E-state index contributed by atoms with van der Waals surface area (Å²) in [4.78, 5) is 49.7. The van der Waals surface area contributed by atoms with E-state index in [0.717, 1.165) is 22.5 Å². The summed E-state index contributed by atoms with van der Waals surface area (Å²) in [7, 11) is 0. The first kappa shape index (κ1) is 33.8. The minimum Gasteiger partial charge on any atom is -0.481 e. The number of benzene rings is 1. The molecule has 6 N–H and O–H groups in total. The Labute approximate surface area is 269 Å². The van der Waals surface area contributed by atoms with E-state index in [4.69, 9.17) is 16.3 Å². The summed E-state index contributed by atoms with van der Waals surface area (Å²) in [5.74, 6) is -1.49. The summed E-state index contributed by atoms with van der Waals surface area (Å²) in [6, 6.07) is 6.61. The van der Waals surface area contributed by atoms with Crippen molar-refractivity contribution in [3.05, 3.63) is 52.0 Å². The Kier molecular flexibility index (Phi) is 11.8. The summed E-state index contributed by atoms with van der Waals surface area (Å²) in [6.07, 6.45) is 0. The zero-order chi connectivity index (χ0) is 28.3. The number of carbonyl (C=O) groups is 3. The number of nitrogens with two attached hydrogens (primary N) is 2. The molecule has 0 saturated carbocycles. The lowest BCUT2D eigenvalue weighted by atomic mass is 9.89. The lowest BCUT2D eigenvalue weighted by Gasteiger charge is -2.53. The second kappa shape index (κ2) is 14.7. The number of hydrogen-bond donors (Lipinski definition) is 4. The molecule has 4 heterocycles. The third-order valence-electron chi connectivity index (χ3n) is 6.32. The van der Waals surface area contributed by atoms with Crippen molar-refractivity contribution in [2.45, 2.75) is 28.9 Å². The standard InChI is InChI=1S/C23H24N8O5S4.2ClH/c24-5-12-1-3-13(4-2-12)6-36-30-15(14-7-37-21(25)27-14)17(32)28-16-18(33)31-8-23(20(34)35,9-38-19(16)31)10-39-22-29-26-11-40-22;;/h1-4,7,11,16,19H,5-6,8-10,24H2,(H2,25,27)(H,28,32)(H,34,35);2*1H/t16?,19-,23?;;/m1../s1. The molecule has 13 nitrogen and oxygen atoms in total. The first-order chi connectivity index (χ1) is 19.3. The van der Waals surface area contributed by atoms with Gasteiger partial charge in [0.1, 0.15) is 34.6 Å². The number of hydrogen-bond acceptors (Lipinski definition) is 14. The lowest BCUT2D eigenvalue weighted by Crippen LogP contribution is -2.74. The number of thiazole rings is 1. The fraction of sp³-hybridized carbons (Fsp3) is 0.348. The second-order valence-corrected chi connectivity index (χ2v) is 13.1. The van der Waals surface area contributed by atoms with Crippen molar-refractivity contribution in [2.75, 3.05) is 23.8 Å². The number of halogens is 2. The molecule has 2 unspecified atom stereocenters. The van der Waals surface area contributed by atoms with E-state index in [1.54, 1.807) is 10.9 Å². The van der Waals surface area contributed by atoms with Crippen molar-refractivity contribution in [1.82, 2.24) is 25.4 Å². The first-order valence-electron chi connectivity index (χ1n) is 11.8. The summed E-state index contributed by atoms with van der Waals surface area (Å²) in [5, 5.41) is 25.9. The van der Waals surface area contributed by atoms with Crippen molar-refractivity contribution in [2.24, 2.45) is 16.3 Å². The molecule has 2 amide bonds. The van der Waals surface area contributed by atoms with Crippen molar-refractivity contribution in [3.8, 4) is 0 Å². The molecule has 0 radical (unpaired) electrons. The van der Waals surface area contributed by atoms with Crippen molar-refractivity contribution in [1.29, 1.82) is 0 Å². The quantitative estimate of drug-likeness (QED) is 0.0989. The summed E-state index contributed by atoms with van der Waals surface area (Å²) in [6.45, 7) is 0.556. The van der Waals surface area contributed by atoms with Crippen LogP contribution in [-0.4, -0.2) is 78.1 Å². The van der Waals surface area contributed by atoms with E-state index in [1.165, 1.54) is 39.8 Å². The van der Waals surface area contributed by atoms with Crippen LogP contribution < -0.4 is 16.8 Å². The third kappa shape index (κ3) is 7.27. The van der Waals surface area contributed by atoms with Crippen LogP contribution in [0.1, 0.15) is 16.8 Å². The zero-order valence-electron chi connectivity index (χ0n) is 21.6. The summed E-state index contributed by atoms with van der Waals surface area (Å²) >= 11 is 5.09. The van der Waals surface area contributed by atoms with E-state index in [0.29, 0.717) is 10.9 Å². The van der Waals surface area contributed by atoms with Crippen LogP contribution in [-0.2, 0) is 32.4 Å². The summed E-state index contributed by atoms with van der Waals surface area (Å²) in [5.41, 5.74) is 13.7. The van der Waals surface area contributed by atoms with Gasteiger partial charge in [0, 0.05) is 30.0 Å². The molecule has 226 valence electrons. The molecule has 2 aliphatic heterocycles. The average Bonchev–Trinajstić information content (AvgIpc) is 3.64. The molecule has 19 heteroatoms. The van der Waals surface area contributed by atoms with Crippen molar-refractivity contribution >= 4 is 99.6 Å². The normalized spacial score (nSPS) is 21.3. The maximum atomic E-state index is 13.3. The fourth-order valence-corrected chi connectivity index (χ4v) is 7.98. The number of carboxylic acids is 1. The Bertz CT molecular complexity index is 1430. The molecule has 0 bridgehead atoms. The number of nitrogens with one attached hydrogen (secondary N) is 1. The van der Waals surface area contributed by atoms with E-state index in [1.807, 2.05) is 24.3 Å². The monoisotopic (exact) mass is 692 g/mol. The number of carbonyl (C=O) groups excluding carboxylic acids is 2. The first-order valence-corrected chi connectivity index (χ1v) is 15.6. The number of amides is 2. The molecule has 0 spiro atoms. The molecular weight excluding hydrogens is 667 g/mol. The molecule has 1 aromatic carbocycles. The van der Waals surface area contributed by atoms with Crippen LogP contribution in [0.25, 0.3) is 0 Å². The Balaban J connectivity index is 0.00000242. The fourth-order valence-electron chi connectivity index (χ4n) is 4.09. The predicted molar refractivity (Wildman–Crippen MR) is 167 cm³/mol. The van der Waals surface area contributed by atoms with Gasteiger partial charge in [0.25, 0.3) is 5.91 Å². The maximum Gasteiger partial charge on any atom is 0.313 e. The smallest absolute Gasteiger partial charge is 0.313 e. The van der Waals surface area contributed by atoms with Crippen LogP contribution in [0.15, 0.2) is 44.7 Å². The highest BCUT2D eigenvalue weighted by molar-refractivity contribution is 8.01. The average molecular weight is 694 g/mol. The molecule has 2 fully saturated rings. The number of nitrogen functional groups attached to an aromatic ring is 1. The van der Waals surface area contributed by atoms with Crippen LogP contribution in [0.4, 0.5) is 5.13 Å². The Morgan fingerprint density at radius 1 is 1.24 bits per heavy atom. The predicted octanol–water partition coefficient (Wildman–Crippen LogP) is 2.06. The third-order valence-corrected chi connectivity index (χ3v) is 10.7. The number of aliphatic carboxylic acids is 1. The number of anilines is 1. The van der Waals surface area contributed by atoms with E-state index in [9.17, 15) is 19.5 Å². The van der Waals surface area contributed by atoms with Crippen LogP contribution in [0, 0.1) is 5.41 Å². The molecule has 2 saturated heterocycles. The molecule has 2 aromatic heterocycles. The van der Waals surface area contributed by atoms with E-state index >= 15 is 0 Å². The van der Waals surface area contributed by atoms with Gasteiger partial charge in [0.15, 0.2) is 15.2 Å². The molecule has 0 aliphatic carbocycles. The van der Waals surface area contributed by atoms with Crippen molar-refractivity contribution in [3.63, 3.8) is 0 Å². The van der Waals surface area contributed by atoms with Crippen LogP contribution in [0.3, 0.4) is 0 Å².